The Morgan fingerprint density at radius 2 is 1.81 bits per heavy atom. The number of halogens is 1. The highest BCUT2D eigenvalue weighted by Gasteiger charge is 2.20. The Hall–Kier alpha value is -3.20. The lowest BCUT2D eigenvalue weighted by molar-refractivity contribution is -0.121. The number of anilines is 1. The molecule has 0 aromatic heterocycles. The van der Waals surface area contributed by atoms with Gasteiger partial charge in [0.05, 0.1) is 23.7 Å². The molecule has 0 atom stereocenters. The average Bonchev–Trinajstić information content (AvgIpc) is 2.67. The molecule has 2 aromatic carbocycles. The summed E-state index contributed by atoms with van der Waals surface area (Å²) in [6, 6.07) is 14.6. The van der Waals surface area contributed by atoms with Gasteiger partial charge in [-0.2, -0.15) is 5.26 Å². The molecule has 0 fully saturated rings. The topological polar surface area (TPSA) is 70.4 Å². The van der Waals surface area contributed by atoms with Gasteiger partial charge in [-0.15, -0.1) is 0 Å². The second kappa shape index (κ2) is 9.48. The molecule has 0 aliphatic carbocycles. The van der Waals surface area contributed by atoms with E-state index in [0.29, 0.717) is 11.5 Å². The number of carbonyl (C=O) groups excluding carboxylic acids is 2. The Morgan fingerprint density at radius 1 is 1.15 bits per heavy atom. The quantitative estimate of drug-likeness (QED) is 0.691. The van der Waals surface area contributed by atoms with Gasteiger partial charge in [0, 0.05) is 6.54 Å². The minimum Gasteiger partial charge on any atom is -0.452 e. The number of ether oxygens (including phenoxy) is 1. The highest BCUT2D eigenvalue weighted by molar-refractivity contribution is 5.97. The molecule has 2 aromatic rings. The van der Waals surface area contributed by atoms with Gasteiger partial charge in [0.2, 0.25) is 0 Å². The van der Waals surface area contributed by atoms with Crippen LogP contribution >= 0.6 is 0 Å². The molecule has 0 unspecified atom stereocenters. The largest absolute Gasteiger partial charge is 0.452 e. The van der Waals surface area contributed by atoms with E-state index in [1.165, 1.54) is 18.2 Å². The second-order valence-electron chi connectivity index (χ2n) is 6.26. The first-order valence-corrected chi connectivity index (χ1v) is 8.63. The molecule has 0 radical (unpaired) electrons. The van der Waals surface area contributed by atoms with Crippen molar-refractivity contribution < 1.29 is 18.7 Å². The van der Waals surface area contributed by atoms with Crippen LogP contribution in [0.4, 0.5) is 10.1 Å². The third-order valence-electron chi connectivity index (χ3n) is 4.03. The predicted molar refractivity (Wildman–Crippen MR) is 99.8 cm³/mol. The van der Waals surface area contributed by atoms with Crippen molar-refractivity contribution in [2.75, 3.05) is 18.1 Å². The summed E-state index contributed by atoms with van der Waals surface area (Å²) < 4.78 is 19.1. The molecule has 0 saturated carbocycles. The summed E-state index contributed by atoms with van der Waals surface area (Å²) in [7, 11) is 0. The van der Waals surface area contributed by atoms with Gasteiger partial charge in [0.15, 0.2) is 6.61 Å². The maximum atomic E-state index is 14.0. The number of amides is 1. The van der Waals surface area contributed by atoms with E-state index in [1.807, 2.05) is 32.0 Å². The van der Waals surface area contributed by atoms with Crippen LogP contribution < -0.4 is 4.90 Å². The Bertz CT molecular complexity index is 841. The Kier molecular flexibility index (Phi) is 7.07. The van der Waals surface area contributed by atoms with Crippen molar-refractivity contribution in [2.45, 2.75) is 26.2 Å². The summed E-state index contributed by atoms with van der Waals surface area (Å²) in [5.74, 6) is -1.47. The predicted octanol–water partition coefficient (Wildman–Crippen LogP) is 4.05. The zero-order chi connectivity index (χ0) is 19.8. The first kappa shape index (κ1) is 20.1. The van der Waals surface area contributed by atoms with Gasteiger partial charge in [-0.05, 0) is 35.7 Å². The van der Waals surface area contributed by atoms with E-state index in [2.05, 4.69) is 0 Å². The van der Waals surface area contributed by atoms with Crippen molar-refractivity contribution in [3.05, 3.63) is 65.5 Å². The maximum absolute atomic E-state index is 14.0. The van der Waals surface area contributed by atoms with Gasteiger partial charge < -0.3 is 9.64 Å². The van der Waals surface area contributed by atoms with E-state index in [4.69, 9.17) is 10.00 Å². The smallest absolute Gasteiger partial charge is 0.338 e. The number of nitriles is 1. The van der Waals surface area contributed by atoms with E-state index in [1.54, 1.807) is 18.2 Å². The number of esters is 1. The van der Waals surface area contributed by atoms with Crippen LogP contribution in [0.25, 0.3) is 0 Å². The standard InChI is InChI=1S/C21H21FN2O3/c1-15(2)16-8-10-17(11-9-16)21(26)27-14-20(25)24(13-5-12-23)19-7-4-3-6-18(19)22/h3-4,6-11,15H,5,13-14H2,1-2H3. The van der Waals surface area contributed by atoms with E-state index in [9.17, 15) is 14.0 Å². The molecule has 2 rings (SSSR count). The number of hydrogen-bond donors (Lipinski definition) is 0. The zero-order valence-corrected chi connectivity index (χ0v) is 15.3. The van der Waals surface area contributed by atoms with Crippen LogP contribution in [0, 0.1) is 17.1 Å². The van der Waals surface area contributed by atoms with E-state index in [0.717, 1.165) is 10.5 Å². The van der Waals surface area contributed by atoms with Gasteiger partial charge in [0.1, 0.15) is 5.82 Å². The van der Waals surface area contributed by atoms with Crippen molar-refractivity contribution in [1.82, 2.24) is 0 Å². The molecule has 0 N–H and O–H groups in total. The maximum Gasteiger partial charge on any atom is 0.338 e. The van der Waals surface area contributed by atoms with Crippen LogP contribution in [0.1, 0.15) is 42.1 Å². The summed E-state index contributed by atoms with van der Waals surface area (Å²) in [4.78, 5) is 25.7. The third-order valence-corrected chi connectivity index (χ3v) is 4.03. The van der Waals surface area contributed by atoms with Crippen LogP contribution in [0.15, 0.2) is 48.5 Å². The molecule has 0 aliphatic rings. The lowest BCUT2D eigenvalue weighted by Crippen LogP contribution is -2.36. The molecule has 0 heterocycles. The number of benzene rings is 2. The van der Waals surface area contributed by atoms with Crippen molar-refractivity contribution in [3.8, 4) is 6.07 Å². The summed E-state index contributed by atoms with van der Waals surface area (Å²) in [6.45, 7) is 3.57. The highest BCUT2D eigenvalue weighted by Crippen LogP contribution is 2.19. The van der Waals surface area contributed by atoms with Crippen molar-refractivity contribution in [3.63, 3.8) is 0 Å². The van der Waals surface area contributed by atoms with E-state index >= 15 is 0 Å². The molecule has 1 amide bonds. The summed E-state index contributed by atoms with van der Waals surface area (Å²) in [5, 5.41) is 8.77. The second-order valence-corrected chi connectivity index (χ2v) is 6.26. The minimum atomic E-state index is -0.632. The Morgan fingerprint density at radius 3 is 2.41 bits per heavy atom. The average molecular weight is 368 g/mol. The van der Waals surface area contributed by atoms with Crippen LogP contribution in [-0.4, -0.2) is 25.0 Å². The third kappa shape index (κ3) is 5.38. The number of hydrogen-bond acceptors (Lipinski definition) is 4. The molecule has 0 saturated heterocycles. The zero-order valence-electron chi connectivity index (χ0n) is 15.3. The fourth-order valence-electron chi connectivity index (χ4n) is 2.50. The molecule has 5 nitrogen and oxygen atoms in total. The van der Waals surface area contributed by atoms with Crippen LogP contribution in [0.3, 0.4) is 0 Å². The molecular weight excluding hydrogens is 347 g/mol. The van der Waals surface area contributed by atoms with Crippen LogP contribution in [0.2, 0.25) is 0 Å². The van der Waals surface area contributed by atoms with Crippen molar-refractivity contribution in [2.24, 2.45) is 0 Å². The van der Waals surface area contributed by atoms with Crippen LogP contribution in [-0.2, 0) is 9.53 Å². The van der Waals surface area contributed by atoms with E-state index in [-0.39, 0.29) is 18.7 Å². The number of para-hydroxylation sites is 1. The summed E-state index contributed by atoms with van der Waals surface area (Å²) >= 11 is 0. The van der Waals surface area contributed by atoms with Gasteiger partial charge in [-0.1, -0.05) is 38.1 Å². The molecule has 0 aliphatic heterocycles. The lowest BCUT2D eigenvalue weighted by Gasteiger charge is -2.22. The summed E-state index contributed by atoms with van der Waals surface area (Å²) in [5.41, 5.74) is 1.47. The Labute approximate surface area is 158 Å². The number of carbonyl (C=O) groups is 2. The monoisotopic (exact) mass is 368 g/mol. The first-order chi connectivity index (χ1) is 12.9. The number of rotatable bonds is 7. The molecule has 27 heavy (non-hydrogen) atoms. The highest BCUT2D eigenvalue weighted by atomic mass is 19.1. The molecule has 0 spiro atoms. The number of nitrogens with zero attached hydrogens (tertiary/aromatic N) is 2. The minimum absolute atomic E-state index is 0.0108. The molecule has 0 bridgehead atoms. The van der Waals surface area contributed by atoms with Crippen molar-refractivity contribution in [1.29, 1.82) is 5.26 Å². The van der Waals surface area contributed by atoms with Gasteiger partial charge >= 0.3 is 5.97 Å². The molecule has 140 valence electrons. The SMILES string of the molecule is CC(C)c1ccc(C(=O)OCC(=O)N(CCC#N)c2ccccc2F)cc1. The fourth-order valence-corrected chi connectivity index (χ4v) is 2.50. The Balaban J connectivity index is 2.05. The van der Waals surface area contributed by atoms with E-state index < -0.39 is 24.3 Å². The molecular formula is C21H21FN2O3. The van der Waals surface area contributed by atoms with Gasteiger partial charge in [0.25, 0.3) is 5.91 Å². The normalized spacial score (nSPS) is 10.3. The lowest BCUT2D eigenvalue weighted by atomic mass is 10.0. The van der Waals surface area contributed by atoms with Crippen LogP contribution in [0.5, 0.6) is 0 Å². The van der Waals surface area contributed by atoms with Gasteiger partial charge in [-0.3, -0.25) is 4.79 Å². The fraction of sp³-hybridized carbons (Fsp3) is 0.286. The first-order valence-electron chi connectivity index (χ1n) is 8.63. The molecule has 6 heteroatoms. The van der Waals surface area contributed by atoms with Crippen molar-refractivity contribution >= 4 is 17.6 Å². The summed E-state index contributed by atoms with van der Waals surface area (Å²) in [6.07, 6.45) is 0.0324. The van der Waals surface area contributed by atoms with Gasteiger partial charge in [-0.25, -0.2) is 9.18 Å².